The molecule has 0 aliphatic rings. The molecule has 0 aromatic heterocycles. The molecule has 5 heteroatoms. The number of aromatic hydroxyl groups is 1. The fourth-order valence-corrected chi connectivity index (χ4v) is 2.28. The number of nitrogens with two attached hydrogens (primary N) is 1. The fraction of sp³-hybridized carbons (Fsp3) is 0.143. The molecule has 19 heavy (non-hydrogen) atoms. The van der Waals surface area contributed by atoms with Gasteiger partial charge in [0.25, 0.3) is 0 Å². The molecular weight excluding hydrogens is 377 g/mol. The highest BCUT2D eigenvalue weighted by Crippen LogP contribution is 2.28. The van der Waals surface area contributed by atoms with Crippen LogP contribution in [-0.4, -0.2) is 11.7 Å². The van der Waals surface area contributed by atoms with E-state index in [2.05, 4.69) is 28.7 Å². The predicted molar refractivity (Wildman–Crippen MR) is 87.3 cm³/mol. The molecule has 0 bridgehead atoms. The Morgan fingerprint density at radius 2 is 1.79 bits per heavy atom. The van der Waals surface area contributed by atoms with E-state index in [0.717, 1.165) is 15.7 Å². The number of hydrogen-bond donors (Lipinski definition) is 2. The van der Waals surface area contributed by atoms with E-state index in [1.165, 1.54) is 5.56 Å². The Morgan fingerprint density at radius 1 is 1.11 bits per heavy atom. The first-order chi connectivity index (χ1) is 8.69. The van der Waals surface area contributed by atoms with Crippen molar-refractivity contribution in [2.75, 3.05) is 6.54 Å². The van der Waals surface area contributed by atoms with Gasteiger partial charge < -0.3 is 15.6 Å². The standard InChI is InChI=1S/C14H14INO2.ClH/c15-13-9-10(7-8-16)1-6-14(13)18-12-4-2-11(17)3-5-12;/h1-6,9,17H,7-8,16H2;1H. The molecule has 3 nitrogen and oxygen atoms in total. The lowest BCUT2D eigenvalue weighted by Gasteiger charge is -2.09. The van der Waals surface area contributed by atoms with Crippen LogP contribution in [0.4, 0.5) is 0 Å². The fourth-order valence-electron chi connectivity index (χ4n) is 1.59. The Labute approximate surface area is 132 Å². The Bertz CT molecular complexity index is 531. The second-order valence-corrected chi connectivity index (χ2v) is 5.06. The number of phenols is 1. The third-order valence-corrected chi connectivity index (χ3v) is 3.34. The molecule has 0 aliphatic carbocycles. The van der Waals surface area contributed by atoms with E-state index >= 15 is 0 Å². The monoisotopic (exact) mass is 391 g/mol. The molecule has 2 aromatic rings. The lowest BCUT2D eigenvalue weighted by atomic mass is 10.1. The van der Waals surface area contributed by atoms with Crippen LogP contribution >= 0.6 is 35.0 Å². The highest BCUT2D eigenvalue weighted by Gasteiger charge is 2.04. The summed E-state index contributed by atoms with van der Waals surface area (Å²) in [6.45, 7) is 0.647. The van der Waals surface area contributed by atoms with Gasteiger partial charge in [-0.25, -0.2) is 0 Å². The maximum atomic E-state index is 9.20. The SMILES string of the molecule is Cl.NCCc1ccc(Oc2ccc(O)cc2)c(I)c1. The largest absolute Gasteiger partial charge is 0.508 e. The maximum Gasteiger partial charge on any atom is 0.140 e. The van der Waals surface area contributed by atoms with E-state index in [1.807, 2.05) is 12.1 Å². The van der Waals surface area contributed by atoms with Crippen molar-refractivity contribution in [1.29, 1.82) is 0 Å². The smallest absolute Gasteiger partial charge is 0.140 e. The Hall–Kier alpha value is -0.980. The van der Waals surface area contributed by atoms with E-state index in [-0.39, 0.29) is 18.2 Å². The zero-order valence-corrected chi connectivity index (χ0v) is 13.1. The summed E-state index contributed by atoms with van der Waals surface area (Å²) in [6, 6.07) is 12.7. The molecule has 2 rings (SSSR count). The summed E-state index contributed by atoms with van der Waals surface area (Å²) < 4.78 is 6.80. The molecule has 0 saturated carbocycles. The lowest BCUT2D eigenvalue weighted by molar-refractivity contribution is 0.463. The molecule has 0 radical (unpaired) electrons. The lowest BCUT2D eigenvalue weighted by Crippen LogP contribution is -2.02. The van der Waals surface area contributed by atoms with Crippen LogP contribution in [-0.2, 0) is 6.42 Å². The second-order valence-electron chi connectivity index (χ2n) is 3.90. The van der Waals surface area contributed by atoms with Gasteiger partial charge in [0.1, 0.15) is 17.2 Å². The summed E-state index contributed by atoms with van der Waals surface area (Å²) in [6.07, 6.45) is 0.871. The minimum atomic E-state index is 0. The average Bonchev–Trinajstić information content (AvgIpc) is 2.36. The van der Waals surface area contributed by atoms with E-state index < -0.39 is 0 Å². The average molecular weight is 392 g/mol. The van der Waals surface area contributed by atoms with Gasteiger partial charge in [0.15, 0.2) is 0 Å². The van der Waals surface area contributed by atoms with Crippen molar-refractivity contribution < 1.29 is 9.84 Å². The highest BCUT2D eigenvalue weighted by atomic mass is 127. The number of phenolic OH excluding ortho intramolecular Hbond substituents is 1. The van der Waals surface area contributed by atoms with Crippen molar-refractivity contribution in [3.63, 3.8) is 0 Å². The Kier molecular flexibility index (Phi) is 6.41. The third-order valence-electron chi connectivity index (χ3n) is 2.49. The summed E-state index contributed by atoms with van der Waals surface area (Å²) in [5, 5.41) is 9.20. The highest BCUT2D eigenvalue weighted by molar-refractivity contribution is 14.1. The van der Waals surface area contributed by atoms with Crippen LogP contribution < -0.4 is 10.5 Å². The second kappa shape index (κ2) is 7.57. The van der Waals surface area contributed by atoms with Crippen LogP contribution in [0.1, 0.15) is 5.56 Å². The van der Waals surface area contributed by atoms with Crippen molar-refractivity contribution in [3.05, 3.63) is 51.6 Å². The van der Waals surface area contributed by atoms with Gasteiger partial charge >= 0.3 is 0 Å². The Balaban J connectivity index is 0.00000180. The number of hydrogen-bond acceptors (Lipinski definition) is 3. The topological polar surface area (TPSA) is 55.5 Å². The van der Waals surface area contributed by atoms with Crippen molar-refractivity contribution in [3.8, 4) is 17.2 Å². The number of ether oxygens (including phenoxy) is 1. The first kappa shape index (κ1) is 16.1. The number of benzene rings is 2. The predicted octanol–water partition coefficient (Wildman–Crippen LogP) is 3.71. The molecule has 102 valence electrons. The molecule has 0 amide bonds. The quantitative estimate of drug-likeness (QED) is 0.781. The van der Waals surface area contributed by atoms with Crippen molar-refractivity contribution in [1.82, 2.24) is 0 Å². The van der Waals surface area contributed by atoms with Gasteiger partial charge in [-0.05, 0) is 77.5 Å². The van der Waals surface area contributed by atoms with E-state index in [9.17, 15) is 5.11 Å². The summed E-state index contributed by atoms with van der Waals surface area (Å²) in [5.41, 5.74) is 6.74. The van der Waals surface area contributed by atoms with Crippen LogP contribution in [0.5, 0.6) is 17.2 Å². The van der Waals surface area contributed by atoms with Gasteiger partial charge in [-0.1, -0.05) is 6.07 Å². The molecule has 0 saturated heterocycles. The van der Waals surface area contributed by atoms with Crippen molar-refractivity contribution in [2.24, 2.45) is 5.73 Å². The summed E-state index contributed by atoms with van der Waals surface area (Å²) in [5.74, 6) is 1.75. The van der Waals surface area contributed by atoms with Crippen molar-refractivity contribution >= 4 is 35.0 Å². The summed E-state index contributed by atoms with van der Waals surface area (Å²) in [4.78, 5) is 0. The third kappa shape index (κ3) is 4.56. The van der Waals surface area contributed by atoms with E-state index in [4.69, 9.17) is 10.5 Å². The summed E-state index contributed by atoms with van der Waals surface area (Å²) in [7, 11) is 0. The van der Waals surface area contributed by atoms with Gasteiger partial charge in [-0.3, -0.25) is 0 Å². The normalized spacial score (nSPS) is 9.79. The van der Waals surface area contributed by atoms with Gasteiger partial charge in [0, 0.05) is 0 Å². The van der Waals surface area contributed by atoms with Crippen molar-refractivity contribution in [2.45, 2.75) is 6.42 Å². The first-order valence-corrected chi connectivity index (χ1v) is 6.72. The molecule has 2 aromatic carbocycles. The zero-order chi connectivity index (χ0) is 13.0. The minimum Gasteiger partial charge on any atom is -0.508 e. The summed E-state index contributed by atoms with van der Waals surface area (Å²) >= 11 is 2.24. The van der Waals surface area contributed by atoms with E-state index in [0.29, 0.717) is 12.3 Å². The molecule has 0 atom stereocenters. The van der Waals surface area contributed by atoms with Gasteiger partial charge in [-0.15, -0.1) is 12.4 Å². The maximum absolute atomic E-state index is 9.20. The van der Waals surface area contributed by atoms with Gasteiger partial charge in [-0.2, -0.15) is 0 Å². The first-order valence-electron chi connectivity index (χ1n) is 5.64. The molecule has 0 fully saturated rings. The molecule has 0 unspecified atom stereocenters. The zero-order valence-electron chi connectivity index (χ0n) is 10.2. The van der Waals surface area contributed by atoms with Crippen LogP contribution in [0.15, 0.2) is 42.5 Å². The molecule has 0 heterocycles. The molecule has 0 aliphatic heterocycles. The van der Waals surface area contributed by atoms with Gasteiger partial charge in [0.05, 0.1) is 3.57 Å². The van der Waals surface area contributed by atoms with Gasteiger partial charge in [0.2, 0.25) is 0 Å². The van der Waals surface area contributed by atoms with Crippen LogP contribution in [0.2, 0.25) is 0 Å². The number of halogens is 2. The van der Waals surface area contributed by atoms with E-state index in [1.54, 1.807) is 24.3 Å². The minimum absolute atomic E-state index is 0. The van der Waals surface area contributed by atoms with Crippen LogP contribution in [0.3, 0.4) is 0 Å². The van der Waals surface area contributed by atoms with Crippen LogP contribution in [0, 0.1) is 3.57 Å². The van der Waals surface area contributed by atoms with Crippen LogP contribution in [0.25, 0.3) is 0 Å². The molecular formula is C14H15ClINO2. The molecule has 3 N–H and O–H groups in total. The molecule has 0 spiro atoms. The number of rotatable bonds is 4. The Morgan fingerprint density at radius 3 is 2.37 bits per heavy atom.